The number of rotatable bonds is 2. The van der Waals surface area contributed by atoms with Gasteiger partial charge in [-0.2, -0.15) is 0 Å². The van der Waals surface area contributed by atoms with E-state index in [2.05, 4.69) is 16.5 Å². The van der Waals surface area contributed by atoms with E-state index in [9.17, 15) is 0 Å². The molecule has 0 spiro atoms. The van der Waals surface area contributed by atoms with E-state index in [1.807, 2.05) is 24.3 Å². The van der Waals surface area contributed by atoms with Crippen molar-refractivity contribution in [2.24, 2.45) is 0 Å². The summed E-state index contributed by atoms with van der Waals surface area (Å²) >= 11 is 0. The highest BCUT2D eigenvalue weighted by Gasteiger charge is 2.10. The molecule has 0 amide bonds. The van der Waals surface area contributed by atoms with Crippen LogP contribution in [0.2, 0.25) is 0 Å². The van der Waals surface area contributed by atoms with Crippen LogP contribution in [0.25, 0.3) is 11.4 Å². The van der Waals surface area contributed by atoms with E-state index in [-0.39, 0.29) is 0 Å². The lowest BCUT2D eigenvalue weighted by atomic mass is 10.2. The van der Waals surface area contributed by atoms with Gasteiger partial charge in [0.05, 0.1) is 12.7 Å². The lowest BCUT2D eigenvalue weighted by Gasteiger charge is -2.05. The molecule has 1 radical (unpaired) electrons. The fourth-order valence-electron chi connectivity index (χ4n) is 1.23. The number of hydrogen-bond acceptors (Lipinski definition) is 4. The van der Waals surface area contributed by atoms with Crippen LogP contribution in [0, 0.1) is 6.33 Å². The first kappa shape index (κ1) is 8.55. The number of nitrogen functional groups attached to an aromatic ring is 1. The van der Waals surface area contributed by atoms with Crippen molar-refractivity contribution >= 4 is 0 Å². The van der Waals surface area contributed by atoms with Gasteiger partial charge in [-0.15, -0.1) is 10.2 Å². The van der Waals surface area contributed by atoms with Gasteiger partial charge in [0.25, 0.3) is 0 Å². The Labute approximate surface area is 81.1 Å². The molecule has 0 aliphatic carbocycles. The molecule has 0 atom stereocenters. The van der Waals surface area contributed by atoms with Gasteiger partial charge in [-0.25, -0.2) is 4.68 Å². The third-order valence-corrected chi connectivity index (χ3v) is 1.87. The number of benzene rings is 1. The lowest BCUT2D eigenvalue weighted by molar-refractivity contribution is 0.416. The van der Waals surface area contributed by atoms with Crippen molar-refractivity contribution in [2.45, 2.75) is 0 Å². The maximum absolute atomic E-state index is 5.58. The maximum atomic E-state index is 5.58. The standard InChI is InChI=1S/C9H9N4O/c1-14-8-5-3-2-4-7(8)9-12-11-6-13(9)10/h2-5H,10H2,1H3. The van der Waals surface area contributed by atoms with Crippen molar-refractivity contribution in [1.29, 1.82) is 0 Å². The topological polar surface area (TPSA) is 66.0 Å². The highest BCUT2D eigenvalue weighted by molar-refractivity contribution is 5.63. The molecule has 2 aromatic rings. The third-order valence-electron chi connectivity index (χ3n) is 1.87. The first-order valence-electron chi connectivity index (χ1n) is 4.04. The Morgan fingerprint density at radius 3 is 2.86 bits per heavy atom. The van der Waals surface area contributed by atoms with Gasteiger partial charge in [-0.1, -0.05) is 12.1 Å². The summed E-state index contributed by atoms with van der Waals surface area (Å²) in [6.07, 6.45) is 2.50. The fourth-order valence-corrected chi connectivity index (χ4v) is 1.23. The van der Waals surface area contributed by atoms with Crippen LogP contribution in [0.3, 0.4) is 0 Å². The fraction of sp³-hybridized carbons (Fsp3) is 0.111. The minimum atomic E-state index is 0.530. The molecule has 1 heterocycles. The summed E-state index contributed by atoms with van der Waals surface area (Å²) in [7, 11) is 1.60. The van der Waals surface area contributed by atoms with Gasteiger partial charge >= 0.3 is 0 Å². The van der Waals surface area contributed by atoms with Crippen LogP contribution in [0.15, 0.2) is 24.3 Å². The molecule has 0 fully saturated rings. The summed E-state index contributed by atoms with van der Waals surface area (Å²) in [5.41, 5.74) is 0.797. The predicted molar refractivity (Wildman–Crippen MR) is 51.0 cm³/mol. The van der Waals surface area contributed by atoms with Crippen molar-refractivity contribution in [3.8, 4) is 17.1 Å². The molecule has 5 nitrogen and oxygen atoms in total. The number of aromatic nitrogens is 3. The number of methoxy groups -OCH3 is 1. The monoisotopic (exact) mass is 189 g/mol. The number of para-hydroxylation sites is 1. The molecule has 0 aliphatic heterocycles. The minimum Gasteiger partial charge on any atom is -0.496 e. The summed E-state index contributed by atoms with van der Waals surface area (Å²) in [5.74, 6) is 6.82. The van der Waals surface area contributed by atoms with Crippen LogP contribution in [0.5, 0.6) is 5.75 Å². The second kappa shape index (κ2) is 3.37. The van der Waals surface area contributed by atoms with Gasteiger partial charge in [0.15, 0.2) is 5.82 Å². The molecule has 71 valence electrons. The van der Waals surface area contributed by atoms with E-state index in [0.29, 0.717) is 11.6 Å². The average molecular weight is 189 g/mol. The van der Waals surface area contributed by atoms with Crippen LogP contribution < -0.4 is 10.6 Å². The van der Waals surface area contributed by atoms with Crippen molar-refractivity contribution in [3.63, 3.8) is 0 Å². The molecule has 0 saturated carbocycles. The SMILES string of the molecule is COc1ccccc1-c1nn[c]n1N. The zero-order valence-corrected chi connectivity index (χ0v) is 7.64. The zero-order valence-electron chi connectivity index (χ0n) is 7.64. The number of nitrogens with two attached hydrogens (primary N) is 1. The molecule has 0 unspecified atom stereocenters. The normalized spacial score (nSPS) is 10.1. The van der Waals surface area contributed by atoms with Gasteiger partial charge in [-0.3, -0.25) is 0 Å². The van der Waals surface area contributed by atoms with Crippen molar-refractivity contribution < 1.29 is 4.74 Å². The van der Waals surface area contributed by atoms with E-state index >= 15 is 0 Å². The predicted octanol–water partition coefficient (Wildman–Crippen LogP) is 0.468. The van der Waals surface area contributed by atoms with Gasteiger partial charge in [0.1, 0.15) is 5.75 Å². The summed E-state index contributed by atoms with van der Waals surface area (Å²) in [4.78, 5) is 0. The average Bonchev–Trinajstić information content (AvgIpc) is 2.64. The van der Waals surface area contributed by atoms with E-state index in [4.69, 9.17) is 10.6 Å². The molecule has 0 bridgehead atoms. The van der Waals surface area contributed by atoms with Crippen molar-refractivity contribution in [2.75, 3.05) is 13.0 Å². The third kappa shape index (κ3) is 1.28. The summed E-state index contributed by atoms with van der Waals surface area (Å²) in [5, 5.41) is 7.43. The van der Waals surface area contributed by atoms with Gasteiger partial charge in [0.2, 0.25) is 6.33 Å². The molecule has 2 N–H and O–H groups in total. The highest BCUT2D eigenvalue weighted by atomic mass is 16.5. The maximum Gasteiger partial charge on any atom is 0.222 e. The molecule has 0 aliphatic rings. The Kier molecular flexibility index (Phi) is 2.06. The Bertz CT molecular complexity index is 438. The molecule has 0 saturated heterocycles. The van der Waals surface area contributed by atoms with Gasteiger partial charge in [0, 0.05) is 0 Å². The largest absolute Gasteiger partial charge is 0.496 e. The van der Waals surface area contributed by atoms with E-state index < -0.39 is 0 Å². The summed E-state index contributed by atoms with van der Waals surface area (Å²) < 4.78 is 6.41. The molecule has 5 heteroatoms. The van der Waals surface area contributed by atoms with E-state index in [0.717, 1.165) is 5.56 Å². The van der Waals surface area contributed by atoms with Gasteiger partial charge < -0.3 is 10.6 Å². The van der Waals surface area contributed by atoms with Crippen molar-refractivity contribution in [3.05, 3.63) is 30.6 Å². The van der Waals surface area contributed by atoms with Crippen LogP contribution in [-0.4, -0.2) is 22.0 Å². The van der Waals surface area contributed by atoms with Gasteiger partial charge in [-0.05, 0) is 12.1 Å². The minimum absolute atomic E-state index is 0.530. The van der Waals surface area contributed by atoms with Crippen LogP contribution in [0.4, 0.5) is 0 Å². The second-order valence-electron chi connectivity index (χ2n) is 2.69. The first-order valence-corrected chi connectivity index (χ1v) is 4.04. The zero-order chi connectivity index (χ0) is 9.97. The summed E-state index contributed by atoms with van der Waals surface area (Å²) in [6, 6.07) is 7.46. The number of ether oxygens (including phenoxy) is 1. The molecule has 2 rings (SSSR count). The van der Waals surface area contributed by atoms with Crippen LogP contribution in [0.1, 0.15) is 0 Å². The smallest absolute Gasteiger partial charge is 0.222 e. The first-order chi connectivity index (χ1) is 6.83. The Balaban J connectivity index is 2.56. The van der Waals surface area contributed by atoms with Crippen LogP contribution in [-0.2, 0) is 0 Å². The Morgan fingerprint density at radius 2 is 2.21 bits per heavy atom. The van der Waals surface area contributed by atoms with Crippen LogP contribution >= 0.6 is 0 Å². The second-order valence-corrected chi connectivity index (χ2v) is 2.69. The Morgan fingerprint density at radius 1 is 1.43 bits per heavy atom. The molecular weight excluding hydrogens is 180 g/mol. The highest BCUT2D eigenvalue weighted by Crippen LogP contribution is 2.26. The number of nitrogens with zero attached hydrogens (tertiary/aromatic N) is 3. The van der Waals surface area contributed by atoms with Crippen molar-refractivity contribution in [1.82, 2.24) is 14.9 Å². The summed E-state index contributed by atoms with van der Waals surface area (Å²) in [6.45, 7) is 0. The molecule has 14 heavy (non-hydrogen) atoms. The Hall–Kier alpha value is -2.04. The number of hydrogen-bond donors (Lipinski definition) is 1. The van der Waals surface area contributed by atoms with E-state index in [1.165, 1.54) is 4.68 Å². The lowest BCUT2D eigenvalue weighted by Crippen LogP contribution is -2.09. The quantitative estimate of drug-likeness (QED) is 0.697. The molecule has 1 aromatic heterocycles. The molecular formula is C9H9N4O. The molecule has 1 aromatic carbocycles. The van der Waals surface area contributed by atoms with E-state index in [1.54, 1.807) is 7.11 Å².